The van der Waals surface area contributed by atoms with Crippen LogP contribution in [0.15, 0.2) is 11.5 Å². The van der Waals surface area contributed by atoms with Crippen molar-refractivity contribution in [2.45, 2.75) is 12.2 Å². The van der Waals surface area contributed by atoms with Crippen molar-refractivity contribution in [3.05, 3.63) is 11.5 Å². The van der Waals surface area contributed by atoms with Gasteiger partial charge in [-0.25, -0.2) is 4.79 Å². The van der Waals surface area contributed by atoms with Crippen LogP contribution in [0.5, 0.6) is 0 Å². The van der Waals surface area contributed by atoms with Crippen molar-refractivity contribution in [2.75, 3.05) is 6.61 Å². The Labute approximate surface area is 83.9 Å². The molecule has 1 rings (SSSR count). The van der Waals surface area contributed by atoms with Crippen LogP contribution in [0.3, 0.4) is 0 Å². The molecule has 1 aliphatic rings. The molecule has 1 aliphatic heterocycles. The SMILES string of the molecule is O=C1O[C@H]([C@@H](O)CO)C(O)=C1O.[Fe+2]. The first-order valence-corrected chi connectivity index (χ1v) is 3.20. The molecule has 0 bridgehead atoms. The van der Waals surface area contributed by atoms with Crippen molar-refractivity contribution in [1.82, 2.24) is 0 Å². The first kappa shape index (κ1) is 12.2. The predicted molar refractivity (Wildman–Crippen MR) is 35.3 cm³/mol. The Hall–Kier alpha value is -0.751. The fraction of sp³-hybridized carbons (Fsp3) is 0.500. The summed E-state index contributed by atoms with van der Waals surface area (Å²) in [5.41, 5.74) is 0. The van der Waals surface area contributed by atoms with E-state index in [1.165, 1.54) is 0 Å². The summed E-state index contributed by atoms with van der Waals surface area (Å²) >= 11 is 0. The van der Waals surface area contributed by atoms with E-state index < -0.39 is 36.3 Å². The standard InChI is InChI=1S/C6H8O6.Fe/c7-1-2(8)5-3(9)4(10)6(11)12-5;/h2,5,7-10H,1H2;/q;+2/t2-,5+;/m0./s1. The molecule has 0 aromatic carbocycles. The molecule has 0 aromatic heterocycles. The molecule has 0 saturated carbocycles. The van der Waals surface area contributed by atoms with Gasteiger partial charge in [0, 0.05) is 0 Å². The topological polar surface area (TPSA) is 107 Å². The maximum atomic E-state index is 10.5. The molecular weight excluding hydrogens is 224 g/mol. The first-order valence-electron chi connectivity index (χ1n) is 3.20. The van der Waals surface area contributed by atoms with E-state index in [9.17, 15) is 4.79 Å². The Morgan fingerprint density at radius 3 is 2.31 bits per heavy atom. The van der Waals surface area contributed by atoms with Gasteiger partial charge in [0.15, 0.2) is 11.9 Å². The summed E-state index contributed by atoms with van der Waals surface area (Å²) in [6.07, 6.45) is -2.78. The number of ether oxygens (including phenoxy) is 1. The van der Waals surface area contributed by atoms with Crippen LogP contribution in [0.2, 0.25) is 0 Å². The molecule has 74 valence electrons. The number of aliphatic hydroxyl groups excluding tert-OH is 4. The molecule has 0 spiro atoms. The third-order valence-corrected chi connectivity index (χ3v) is 1.48. The molecule has 13 heavy (non-hydrogen) atoms. The number of carbonyl (C=O) groups excluding carboxylic acids is 1. The zero-order chi connectivity index (χ0) is 9.30. The summed E-state index contributed by atoms with van der Waals surface area (Å²) in [7, 11) is 0. The number of esters is 1. The molecule has 0 aromatic rings. The van der Waals surface area contributed by atoms with E-state index in [1.807, 2.05) is 0 Å². The number of carbonyl (C=O) groups is 1. The van der Waals surface area contributed by atoms with Crippen molar-refractivity contribution in [3.63, 3.8) is 0 Å². The van der Waals surface area contributed by atoms with Crippen molar-refractivity contribution in [3.8, 4) is 0 Å². The van der Waals surface area contributed by atoms with Gasteiger partial charge in [0.05, 0.1) is 6.61 Å². The Morgan fingerprint density at radius 2 is 2.00 bits per heavy atom. The minimum Gasteiger partial charge on any atom is -0.505 e. The van der Waals surface area contributed by atoms with E-state index in [4.69, 9.17) is 20.4 Å². The molecule has 0 aliphatic carbocycles. The fourth-order valence-electron chi connectivity index (χ4n) is 0.823. The van der Waals surface area contributed by atoms with Crippen LogP contribution in [0, 0.1) is 0 Å². The van der Waals surface area contributed by atoms with Crippen LogP contribution < -0.4 is 0 Å². The fourth-order valence-corrected chi connectivity index (χ4v) is 0.823. The van der Waals surface area contributed by atoms with Crippen LogP contribution in [-0.4, -0.2) is 45.2 Å². The molecule has 1 heterocycles. The normalized spacial score (nSPS) is 23.8. The smallest absolute Gasteiger partial charge is 0.505 e. The maximum Gasteiger partial charge on any atom is 2.00 e. The van der Waals surface area contributed by atoms with Gasteiger partial charge in [0.1, 0.15) is 6.10 Å². The van der Waals surface area contributed by atoms with Gasteiger partial charge in [-0.1, -0.05) is 0 Å². The average Bonchev–Trinajstić information content (AvgIpc) is 2.32. The van der Waals surface area contributed by atoms with Gasteiger partial charge in [-0.05, 0) is 0 Å². The van der Waals surface area contributed by atoms with E-state index in [2.05, 4.69) is 4.74 Å². The second kappa shape index (κ2) is 4.48. The summed E-state index contributed by atoms with van der Waals surface area (Å²) in [4.78, 5) is 10.5. The van der Waals surface area contributed by atoms with Crippen LogP contribution in [0.1, 0.15) is 0 Å². The molecule has 0 fully saturated rings. The zero-order valence-corrected chi connectivity index (χ0v) is 7.42. The minimum atomic E-state index is -1.42. The molecular formula is C6H8FeO6+2. The molecule has 0 saturated heterocycles. The molecule has 4 N–H and O–H groups in total. The van der Waals surface area contributed by atoms with Crippen molar-refractivity contribution in [1.29, 1.82) is 0 Å². The maximum absolute atomic E-state index is 10.5. The minimum absolute atomic E-state index is 0. The number of cyclic esters (lactones) is 1. The van der Waals surface area contributed by atoms with E-state index in [1.54, 1.807) is 0 Å². The molecule has 7 heteroatoms. The van der Waals surface area contributed by atoms with Crippen LogP contribution in [-0.2, 0) is 26.6 Å². The van der Waals surface area contributed by atoms with E-state index in [0.717, 1.165) is 0 Å². The Kier molecular flexibility index (Phi) is 4.22. The summed E-state index contributed by atoms with van der Waals surface area (Å²) < 4.78 is 4.32. The summed E-state index contributed by atoms with van der Waals surface area (Å²) in [6, 6.07) is 0. The number of aliphatic hydroxyl groups is 4. The van der Waals surface area contributed by atoms with Crippen LogP contribution in [0.25, 0.3) is 0 Å². The largest absolute Gasteiger partial charge is 2.00 e. The number of hydrogen-bond acceptors (Lipinski definition) is 6. The van der Waals surface area contributed by atoms with Crippen molar-refractivity contribution >= 4 is 5.97 Å². The van der Waals surface area contributed by atoms with Crippen molar-refractivity contribution in [2.24, 2.45) is 0 Å². The van der Waals surface area contributed by atoms with Crippen molar-refractivity contribution < 1.29 is 47.0 Å². The molecule has 0 amide bonds. The van der Waals surface area contributed by atoms with Gasteiger partial charge in [-0.3, -0.25) is 0 Å². The number of hydrogen-bond donors (Lipinski definition) is 4. The molecule has 2 atom stereocenters. The van der Waals surface area contributed by atoms with Gasteiger partial charge in [0.25, 0.3) is 0 Å². The van der Waals surface area contributed by atoms with E-state index >= 15 is 0 Å². The molecule has 0 radical (unpaired) electrons. The van der Waals surface area contributed by atoms with Gasteiger partial charge in [-0.2, -0.15) is 0 Å². The quantitative estimate of drug-likeness (QED) is 0.344. The summed E-state index contributed by atoms with van der Waals surface area (Å²) in [5.74, 6) is -2.78. The third kappa shape index (κ3) is 2.13. The average molecular weight is 232 g/mol. The van der Waals surface area contributed by atoms with Crippen LogP contribution >= 0.6 is 0 Å². The monoisotopic (exact) mass is 232 g/mol. The second-order valence-electron chi connectivity index (χ2n) is 2.31. The van der Waals surface area contributed by atoms with Gasteiger partial charge < -0.3 is 25.2 Å². The summed E-state index contributed by atoms with van der Waals surface area (Å²) in [5, 5.41) is 35.0. The molecule has 0 unspecified atom stereocenters. The third-order valence-electron chi connectivity index (χ3n) is 1.48. The second-order valence-corrected chi connectivity index (χ2v) is 2.31. The van der Waals surface area contributed by atoms with E-state index in [-0.39, 0.29) is 17.1 Å². The van der Waals surface area contributed by atoms with Gasteiger partial charge in [0.2, 0.25) is 5.76 Å². The predicted octanol–water partition coefficient (Wildman–Crippen LogP) is -1.41. The Morgan fingerprint density at radius 1 is 1.46 bits per heavy atom. The number of rotatable bonds is 2. The Bertz CT molecular complexity index is 237. The first-order chi connectivity index (χ1) is 5.57. The van der Waals surface area contributed by atoms with E-state index in [0.29, 0.717) is 0 Å². The zero-order valence-electron chi connectivity index (χ0n) is 6.32. The molecule has 6 nitrogen and oxygen atoms in total. The van der Waals surface area contributed by atoms with Crippen LogP contribution in [0.4, 0.5) is 0 Å². The Balaban J connectivity index is 0.00000144. The van der Waals surface area contributed by atoms with Gasteiger partial charge in [-0.15, -0.1) is 0 Å². The van der Waals surface area contributed by atoms with Gasteiger partial charge >= 0.3 is 23.0 Å². The summed E-state index contributed by atoms with van der Waals surface area (Å²) in [6.45, 7) is -0.671.